The van der Waals surface area contributed by atoms with Crippen LogP contribution in [0.2, 0.25) is 0 Å². The number of aromatic nitrogens is 1. The highest BCUT2D eigenvalue weighted by Crippen LogP contribution is 2.27. The molecule has 0 saturated heterocycles. The van der Waals surface area contributed by atoms with Gasteiger partial charge in [-0.05, 0) is 30.3 Å². The number of aryl methyl sites for hydroxylation is 1. The van der Waals surface area contributed by atoms with Crippen molar-refractivity contribution < 1.29 is 22.7 Å². The lowest BCUT2D eigenvalue weighted by molar-refractivity contribution is -0.114. The highest BCUT2D eigenvalue weighted by Gasteiger charge is 2.19. The normalized spacial score (nSPS) is 11.0. The number of amides is 2. The third kappa shape index (κ3) is 4.37. The van der Waals surface area contributed by atoms with Crippen LogP contribution in [0.4, 0.5) is 5.69 Å². The van der Waals surface area contributed by atoms with E-state index in [1.807, 2.05) is 4.83 Å². The van der Waals surface area contributed by atoms with Crippen molar-refractivity contribution in [3.63, 3.8) is 0 Å². The van der Waals surface area contributed by atoms with Gasteiger partial charge >= 0.3 is 0 Å². The molecule has 0 unspecified atom stereocenters. The number of rotatable bonds is 6. The van der Waals surface area contributed by atoms with Crippen molar-refractivity contribution in [3.8, 4) is 5.75 Å². The molecule has 2 rings (SSSR count). The lowest BCUT2D eigenvalue weighted by Gasteiger charge is -2.12. The molecule has 0 aliphatic rings. The van der Waals surface area contributed by atoms with Crippen LogP contribution < -0.4 is 20.3 Å². The van der Waals surface area contributed by atoms with Gasteiger partial charge in [0.15, 0.2) is 0 Å². The lowest BCUT2D eigenvalue weighted by Crippen LogP contribution is -2.42. The first-order valence-electron chi connectivity index (χ1n) is 7.13. The molecule has 0 aliphatic heterocycles. The number of nitrogens with one attached hydrogen (secondary N) is 3. The molecule has 0 fully saturated rings. The summed E-state index contributed by atoms with van der Waals surface area (Å²) in [7, 11) is -0.985. The van der Waals surface area contributed by atoms with Gasteiger partial charge in [-0.15, -0.1) is 4.83 Å². The molecule has 2 amide bonds. The number of hydrogen-bond donors (Lipinski definition) is 3. The average Bonchev–Trinajstić information content (AvgIpc) is 2.98. The van der Waals surface area contributed by atoms with E-state index in [1.165, 1.54) is 32.2 Å². The summed E-state index contributed by atoms with van der Waals surface area (Å²) in [6.07, 6.45) is 1.66. The molecule has 3 N–H and O–H groups in total. The predicted molar refractivity (Wildman–Crippen MR) is 90.5 cm³/mol. The Bertz CT molecular complexity index is 904. The SMILES string of the molecule is COc1ccc(S(=O)(=O)NNC(=O)c2cccn2C)cc1NC(C)=O. The van der Waals surface area contributed by atoms with Crippen LogP contribution in [0.3, 0.4) is 0 Å². The number of carbonyl (C=O) groups is 2. The molecule has 1 aromatic heterocycles. The molecule has 0 radical (unpaired) electrons. The van der Waals surface area contributed by atoms with Gasteiger partial charge in [0.1, 0.15) is 11.4 Å². The molecule has 0 atom stereocenters. The summed E-state index contributed by atoms with van der Waals surface area (Å²) in [6.45, 7) is 1.29. The zero-order valence-electron chi connectivity index (χ0n) is 13.9. The molecule has 10 heteroatoms. The van der Waals surface area contributed by atoms with Gasteiger partial charge in [0.25, 0.3) is 15.9 Å². The lowest BCUT2D eigenvalue weighted by atomic mass is 10.3. The summed E-state index contributed by atoms with van der Waals surface area (Å²) in [5, 5.41) is 2.48. The van der Waals surface area contributed by atoms with Gasteiger partial charge in [-0.25, -0.2) is 8.42 Å². The van der Waals surface area contributed by atoms with Crippen molar-refractivity contribution in [1.29, 1.82) is 0 Å². The van der Waals surface area contributed by atoms with E-state index in [0.29, 0.717) is 5.75 Å². The molecule has 0 aliphatic carbocycles. The molecular weight excluding hydrogens is 348 g/mol. The second-order valence-corrected chi connectivity index (χ2v) is 6.79. The van der Waals surface area contributed by atoms with Crippen molar-refractivity contribution >= 4 is 27.5 Å². The van der Waals surface area contributed by atoms with E-state index in [9.17, 15) is 18.0 Å². The Hall–Kier alpha value is -2.85. The fourth-order valence-electron chi connectivity index (χ4n) is 2.08. The second-order valence-electron chi connectivity index (χ2n) is 5.11. The fraction of sp³-hybridized carbons (Fsp3) is 0.200. The molecule has 0 bridgehead atoms. The molecular formula is C15H18N4O5S. The number of nitrogens with zero attached hydrogens (tertiary/aromatic N) is 1. The summed E-state index contributed by atoms with van der Waals surface area (Å²) in [6, 6.07) is 7.13. The van der Waals surface area contributed by atoms with Crippen molar-refractivity contribution in [2.24, 2.45) is 7.05 Å². The largest absolute Gasteiger partial charge is 0.495 e. The van der Waals surface area contributed by atoms with E-state index >= 15 is 0 Å². The van der Waals surface area contributed by atoms with E-state index in [-0.39, 0.29) is 22.2 Å². The number of sulfonamides is 1. The van der Waals surface area contributed by atoms with Crippen molar-refractivity contribution in [2.45, 2.75) is 11.8 Å². The highest BCUT2D eigenvalue weighted by atomic mass is 32.2. The molecule has 25 heavy (non-hydrogen) atoms. The monoisotopic (exact) mass is 366 g/mol. The molecule has 9 nitrogen and oxygen atoms in total. The summed E-state index contributed by atoms with van der Waals surface area (Å²) in [5.41, 5.74) is 2.63. The van der Waals surface area contributed by atoms with E-state index in [0.717, 1.165) is 0 Å². The maximum atomic E-state index is 12.3. The Morgan fingerprint density at radius 2 is 1.92 bits per heavy atom. The van der Waals surface area contributed by atoms with E-state index in [1.54, 1.807) is 29.9 Å². The van der Waals surface area contributed by atoms with Gasteiger partial charge in [-0.3, -0.25) is 15.0 Å². The summed E-state index contributed by atoms with van der Waals surface area (Å²) >= 11 is 0. The zero-order valence-corrected chi connectivity index (χ0v) is 14.7. The Labute approximate surface area is 145 Å². The Morgan fingerprint density at radius 3 is 2.48 bits per heavy atom. The van der Waals surface area contributed by atoms with Crippen LogP contribution in [0, 0.1) is 0 Å². The van der Waals surface area contributed by atoms with Crippen LogP contribution in [0.1, 0.15) is 17.4 Å². The number of hydrazine groups is 1. The predicted octanol–water partition coefficient (Wildman–Crippen LogP) is 0.615. The molecule has 0 saturated carbocycles. The van der Waals surface area contributed by atoms with E-state index < -0.39 is 15.9 Å². The fourth-order valence-corrected chi connectivity index (χ4v) is 2.94. The van der Waals surface area contributed by atoms with Crippen LogP contribution in [0.15, 0.2) is 41.4 Å². The Morgan fingerprint density at radius 1 is 1.20 bits per heavy atom. The highest BCUT2D eigenvalue weighted by molar-refractivity contribution is 7.89. The third-order valence-electron chi connectivity index (χ3n) is 3.27. The van der Waals surface area contributed by atoms with Gasteiger partial charge in [-0.1, -0.05) is 0 Å². The number of methoxy groups -OCH3 is 1. The summed E-state index contributed by atoms with van der Waals surface area (Å²) in [4.78, 5) is 25.1. The number of benzene rings is 1. The smallest absolute Gasteiger partial charge is 0.282 e. The van der Waals surface area contributed by atoms with Crippen LogP contribution in [-0.2, 0) is 21.9 Å². The summed E-state index contributed by atoms with van der Waals surface area (Å²) < 4.78 is 31.3. The molecule has 1 aromatic carbocycles. The number of anilines is 1. The van der Waals surface area contributed by atoms with Crippen molar-refractivity contribution in [2.75, 3.05) is 12.4 Å². The van der Waals surface area contributed by atoms with Crippen molar-refractivity contribution in [1.82, 2.24) is 14.8 Å². The number of carbonyl (C=O) groups excluding carboxylic acids is 2. The van der Waals surface area contributed by atoms with E-state index in [4.69, 9.17) is 4.74 Å². The van der Waals surface area contributed by atoms with Crippen molar-refractivity contribution in [3.05, 3.63) is 42.2 Å². The van der Waals surface area contributed by atoms with Gasteiger partial charge < -0.3 is 14.6 Å². The first-order chi connectivity index (χ1) is 11.7. The second kappa shape index (κ2) is 7.36. The minimum Gasteiger partial charge on any atom is -0.495 e. The molecule has 2 aromatic rings. The van der Waals surface area contributed by atoms with Crippen LogP contribution >= 0.6 is 0 Å². The van der Waals surface area contributed by atoms with Crippen LogP contribution in [0.25, 0.3) is 0 Å². The molecule has 1 heterocycles. The Balaban J connectivity index is 2.20. The Kier molecular flexibility index (Phi) is 5.45. The topological polar surface area (TPSA) is 119 Å². The van der Waals surface area contributed by atoms with E-state index in [2.05, 4.69) is 10.7 Å². The maximum absolute atomic E-state index is 12.3. The standard InChI is InChI=1S/C15H18N4O5S/c1-10(20)16-12-9-11(6-7-14(12)24-3)25(22,23)18-17-15(21)13-5-4-8-19(13)2/h4-9,18H,1-3H3,(H,16,20)(H,17,21). The maximum Gasteiger partial charge on any atom is 0.282 e. The van der Waals surface area contributed by atoms with Crippen LogP contribution in [0.5, 0.6) is 5.75 Å². The zero-order chi connectivity index (χ0) is 18.6. The van der Waals surface area contributed by atoms with Gasteiger partial charge in [0, 0.05) is 20.2 Å². The van der Waals surface area contributed by atoms with Crippen LogP contribution in [-0.4, -0.2) is 31.9 Å². The third-order valence-corrected chi connectivity index (χ3v) is 4.51. The van der Waals surface area contributed by atoms with Gasteiger partial charge in [0.05, 0.1) is 17.7 Å². The molecule has 0 spiro atoms. The first-order valence-corrected chi connectivity index (χ1v) is 8.62. The average molecular weight is 366 g/mol. The minimum absolute atomic E-state index is 0.149. The van der Waals surface area contributed by atoms with Gasteiger partial charge in [0.2, 0.25) is 5.91 Å². The molecule has 134 valence electrons. The number of hydrogen-bond acceptors (Lipinski definition) is 5. The summed E-state index contributed by atoms with van der Waals surface area (Å²) in [5.74, 6) is -0.675. The van der Waals surface area contributed by atoms with Gasteiger partial charge in [-0.2, -0.15) is 0 Å². The quantitative estimate of drug-likeness (QED) is 0.648. The first kappa shape index (κ1) is 18.5. The number of ether oxygens (including phenoxy) is 1. The minimum atomic E-state index is -4.04.